The first-order chi connectivity index (χ1) is 9.33. The highest BCUT2D eigenvalue weighted by Crippen LogP contribution is 2.70. The molecule has 2 atom stereocenters. The van der Waals surface area contributed by atoms with Gasteiger partial charge in [-0.1, -0.05) is 13.8 Å². The minimum Gasteiger partial charge on any atom is -0.293 e. The van der Waals surface area contributed by atoms with Crippen LogP contribution in [0.4, 0.5) is 0 Å². The molecule has 1 aromatic heterocycles. The lowest BCUT2D eigenvalue weighted by atomic mass is 9.39. The van der Waals surface area contributed by atoms with E-state index >= 15 is 0 Å². The van der Waals surface area contributed by atoms with Crippen molar-refractivity contribution in [3.63, 3.8) is 0 Å². The molecule has 3 heteroatoms. The molecular formula is C17H21BrOS. The summed E-state index contributed by atoms with van der Waals surface area (Å²) in [6, 6.07) is 2.02. The lowest BCUT2D eigenvalue weighted by molar-refractivity contribution is -0.125. The number of hydrogen-bond donors (Lipinski definition) is 0. The van der Waals surface area contributed by atoms with Gasteiger partial charge in [-0.25, -0.2) is 0 Å². The summed E-state index contributed by atoms with van der Waals surface area (Å²) in [5, 5.41) is 2.03. The Bertz CT molecular complexity index is 572. The van der Waals surface area contributed by atoms with Crippen LogP contribution in [0.1, 0.15) is 62.0 Å². The second-order valence-corrected chi connectivity index (χ2v) is 10.1. The molecule has 1 aromatic rings. The van der Waals surface area contributed by atoms with Crippen LogP contribution in [0.5, 0.6) is 0 Å². The summed E-state index contributed by atoms with van der Waals surface area (Å²) in [7, 11) is 0. The summed E-state index contributed by atoms with van der Waals surface area (Å²) >= 11 is 5.17. The van der Waals surface area contributed by atoms with Crippen molar-refractivity contribution in [1.29, 1.82) is 0 Å². The van der Waals surface area contributed by atoms with Crippen molar-refractivity contribution in [3.05, 3.63) is 20.8 Å². The van der Waals surface area contributed by atoms with Crippen LogP contribution >= 0.6 is 27.3 Å². The lowest BCUT2D eigenvalue weighted by Gasteiger charge is -2.64. The molecule has 0 radical (unpaired) electrons. The second-order valence-electron chi connectivity index (χ2n) is 8.34. The van der Waals surface area contributed by atoms with E-state index in [0.717, 1.165) is 34.5 Å². The van der Waals surface area contributed by atoms with E-state index in [4.69, 9.17) is 0 Å². The van der Waals surface area contributed by atoms with Crippen molar-refractivity contribution in [2.24, 2.45) is 22.2 Å². The van der Waals surface area contributed by atoms with Gasteiger partial charge in [0.2, 0.25) is 0 Å². The molecule has 5 rings (SSSR count). The standard InChI is InChI=1S/C17H21BrOS/c1-15-5-11-6-16(2,8-15)10-17(7-11,9-15)14(19)13-12(18)3-4-20-13/h3-4,11H,5-10H2,1-2H3. The van der Waals surface area contributed by atoms with Crippen LogP contribution in [0.3, 0.4) is 0 Å². The van der Waals surface area contributed by atoms with Gasteiger partial charge in [-0.15, -0.1) is 11.3 Å². The number of halogens is 1. The van der Waals surface area contributed by atoms with Gasteiger partial charge < -0.3 is 0 Å². The van der Waals surface area contributed by atoms with E-state index in [-0.39, 0.29) is 5.41 Å². The molecule has 0 saturated heterocycles. The molecule has 0 amide bonds. The molecule has 0 aliphatic heterocycles. The van der Waals surface area contributed by atoms with E-state index < -0.39 is 0 Å². The van der Waals surface area contributed by atoms with Crippen molar-refractivity contribution in [1.82, 2.24) is 0 Å². The Balaban J connectivity index is 1.78. The first kappa shape index (κ1) is 13.5. The molecule has 4 bridgehead atoms. The Kier molecular flexibility index (Phi) is 2.69. The van der Waals surface area contributed by atoms with Gasteiger partial charge in [-0.05, 0) is 82.6 Å². The highest BCUT2D eigenvalue weighted by Gasteiger charge is 2.62. The first-order valence-electron chi connectivity index (χ1n) is 7.61. The third-order valence-electron chi connectivity index (χ3n) is 5.93. The summed E-state index contributed by atoms with van der Waals surface area (Å²) in [5.41, 5.74) is 0.761. The summed E-state index contributed by atoms with van der Waals surface area (Å²) in [6.45, 7) is 4.86. The number of carbonyl (C=O) groups is 1. The SMILES string of the molecule is CC12CC3CC(C)(C1)CC(C(=O)c1sccc1Br)(C3)C2. The van der Waals surface area contributed by atoms with Crippen LogP contribution in [-0.2, 0) is 0 Å². The van der Waals surface area contributed by atoms with E-state index in [2.05, 4.69) is 29.8 Å². The third-order valence-corrected chi connectivity index (χ3v) is 7.77. The van der Waals surface area contributed by atoms with Crippen LogP contribution < -0.4 is 0 Å². The number of thiophene rings is 1. The number of carbonyl (C=O) groups excluding carboxylic acids is 1. The molecule has 4 fully saturated rings. The quantitative estimate of drug-likeness (QED) is 0.624. The molecule has 2 unspecified atom stereocenters. The Morgan fingerprint density at radius 1 is 1.20 bits per heavy atom. The normalized spacial score (nSPS) is 45.9. The smallest absolute Gasteiger partial charge is 0.180 e. The number of ketones is 1. The first-order valence-corrected chi connectivity index (χ1v) is 9.28. The summed E-state index contributed by atoms with van der Waals surface area (Å²) in [4.78, 5) is 14.2. The Morgan fingerprint density at radius 2 is 1.85 bits per heavy atom. The van der Waals surface area contributed by atoms with Gasteiger partial charge in [0.05, 0.1) is 4.88 Å². The Labute approximate surface area is 133 Å². The van der Waals surface area contributed by atoms with Crippen LogP contribution in [0.15, 0.2) is 15.9 Å². The maximum absolute atomic E-state index is 13.2. The minimum absolute atomic E-state index is 0.0592. The van der Waals surface area contributed by atoms with E-state index in [9.17, 15) is 4.79 Å². The fourth-order valence-corrected chi connectivity index (χ4v) is 8.01. The maximum atomic E-state index is 13.2. The maximum Gasteiger partial charge on any atom is 0.180 e. The fraction of sp³-hybridized carbons (Fsp3) is 0.706. The van der Waals surface area contributed by atoms with Crippen LogP contribution in [0, 0.1) is 22.2 Å². The summed E-state index contributed by atoms with van der Waals surface area (Å²) in [5.74, 6) is 1.21. The van der Waals surface area contributed by atoms with Gasteiger partial charge in [0.25, 0.3) is 0 Å². The molecule has 108 valence electrons. The molecule has 4 saturated carbocycles. The summed E-state index contributed by atoms with van der Waals surface area (Å²) < 4.78 is 0.999. The topological polar surface area (TPSA) is 17.1 Å². The summed E-state index contributed by atoms with van der Waals surface area (Å²) in [6.07, 6.45) is 7.41. The highest BCUT2D eigenvalue weighted by molar-refractivity contribution is 9.10. The molecule has 0 aromatic carbocycles. The zero-order chi connectivity index (χ0) is 14.2. The second kappa shape index (κ2) is 3.98. The van der Waals surface area contributed by atoms with Crippen molar-refractivity contribution in [2.75, 3.05) is 0 Å². The van der Waals surface area contributed by atoms with Crippen molar-refractivity contribution in [3.8, 4) is 0 Å². The van der Waals surface area contributed by atoms with E-state index in [1.54, 1.807) is 11.3 Å². The van der Waals surface area contributed by atoms with Crippen LogP contribution in [-0.4, -0.2) is 5.78 Å². The van der Waals surface area contributed by atoms with E-state index in [0.29, 0.717) is 16.6 Å². The van der Waals surface area contributed by atoms with Crippen LogP contribution in [0.25, 0.3) is 0 Å². The largest absolute Gasteiger partial charge is 0.293 e. The average molecular weight is 353 g/mol. The molecule has 20 heavy (non-hydrogen) atoms. The predicted molar refractivity (Wildman–Crippen MR) is 86.2 cm³/mol. The van der Waals surface area contributed by atoms with Crippen molar-refractivity contribution < 1.29 is 4.79 Å². The monoisotopic (exact) mass is 352 g/mol. The molecule has 4 aliphatic rings. The van der Waals surface area contributed by atoms with Crippen LogP contribution in [0.2, 0.25) is 0 Å². The van der Waals surface area contributed by atoms with Crippen molar-refractivity contribution >= 4 is 33.0 Å². The molecule has 1 nitrogen and oxygen atoms in total. The highest BCUT2D eigenvalue weighted by atomic mass is 79.9. The van der Waals surface area contributed by atoms with Gasteiger partial charge in [-0.2, -0.15) is 0 Å². The van der Waals surface area contributed by atoms with Gasteiger partial charge in [0, 0.05) is 9.89 Å². The fourth-order valence-electron chi connectivity index (χ4n) is 6.40. The number of rotatable bonds is 2. The van der Waals surface area contributed by atoms with Gasteiger partial charge in [0.15, 0.2) is 5.78 Å². The molecule has 1 heterocycles. The zero-order valence-electron chi connectivity index (χ0n) is 12.2. The van der Waals surface area contributed by atoms with Gasteiger partial charge in [0.1, 0.15) is 0 Å². The van der Waals surface area contributed by atoms with Gasteiger partial charge in [-0.3, -0.25) is 4.79 Å². The molecule has 0 spiro atoms. The predicted octanol–water partition coefficient (Wildman–Crippen LogP) is 5.69. The lowest BCUT2D eigenvalue weighted by Crippen LogP contribution is -2.57. The van der Waals surface area contributed by atoms with E-state index in [1.165, 1.54) is 19.3 Å². The van der Waals surface area contributed by atoms with Gasteiger partial charge >= 0.3 is 0 Å². The van der Waals surface area contributed by atoms with Crippen molar-refractivity contribution in [2.45, 2.75) is 52.4 Å². The molecule has 4 aliphatic carbocycles. The Hall–Kier alpha value is -0.150. The molecular weight excluding hydrogens is 332 g/mol. The van der Waals surface area contributed by atoms with E-state index in [1.807, 2.05) is 11.4 Å². The minimum atomic E-state index is -0.0592. The molecule has 0 N–H and O–H groups in total. The zero-order valence-corrected chi connectivity index (χ0v) is 14.6. The third kappa shape index (κ3) is 1.81. The Morgan fingerprint density at radius 3 is 2.35 bits per heavy atom. The number of Topliss-reactive ketones (excluding diaryl/α,β-unsaturated/α-hetero) is 1. The average Bonchev–Trinajstić information content (AvgIpc) is 2.69. The number of hydrogen-bond acceptors (Lipinski definition) is 2.